The predicted octanol–water partition coefficient (Wildman–Crippen LogP) is -1.06. The Morgan fingerprint density at radius 2 is 2.33 bits per heavy atom. The number of aliphatic hydroxyl groups excluding tert-OH is 1. The molecular weight excluding hydrogens is 236 g/mol. The van der Waals surface area contributed by atoms with E-state index >= 15 is 0 Å². The van der Waals surface area contributed by atoms with Crippen molar-refractivity contribution in [3.05, 3.63) is 12.7 Å². The Hall–Kier alpha value is -1.40. The normalized spacial score (nSPS) is 38.0. The Morgan fingerprint density at radius 1 is 1.61 bits per heavy atom. The molecule has 3 N–H and O–H groups in total. The fourth-order valence-electron chi connectivity index (χ4n) is 2.41. The van der Waals surface area contributed by atoms with E-state index in [4.69, 9.17) is 4.74 Å². The van der Waals surface area contributed by atoms with Gasteiger partial charge in [0.2, 0.25) is 5.91 Å². The highest BCUT2D eigenvalue weighted by atomic mass is 16.5. The van der Waals surface area contributed by atoms with Crippen LogP contribution in [0, 0.1) is 5.92 Å². The maximum atomic E-state index is 12.0. The van der Waals surface area contributed by atoms with Crippen molar-refractivity contribution in [1.82, 2.24) is 10.6 Å². The van der Waals surface area contributed by atoms with Crippen LogP contribution in [0.3, 0.4) is 0 Å². The third-order valence-corrected chi connectivity index (χ3v) is 3.62. The van der Waals surface area contributed by atoms with Crippen LogP contribution in [0.25, 0.3) is 0 Å². The number of hydrogen-bond acceptors (Lipinski definition) is 5. The molecule has 1 saturated heterocycles. The number of aliphatic hydroxyl groups is 1. The van der Waals surface area contributed by atoms with Crippen LogP contribution < -0.4 is 10.6 Å². The van der Waals surface area contributed by atoms with E-state index < -0.39 is 23.7 Å². The van der Waals surface area contributed by atoms with Crippen molar-refractivity contribution >= 4 is 11.9 Å². The molecular formula is C12H18N2O4. The molecule has 1 aliphatic carbocycles. The van der Waals surface area contributed by atoms with E-state index in [1.54, 1.807) is 6.08 Å². The van der Waals surface area contributed by atoms with E-state index in [0.717, 1.165) is 0 Å². The highest BCUT2D eigenvalue weighted by molar-refractivity contribution is 5.93. The Morgan fingerprint density at radius 3 is 2.78 bits per heavy atom. The summed E-state index contributed by atoms with van der Waals surface area (Å²) in [5, 5.41) is 15.0. The zero-order valence-corrected chi connectivity index (χ0v) is 10.3. The quantitative estimate of drug-likeness (QED) is 0.440. The molecule has 1 saturated carbocycles. The summed E-state index contributed by atoms with van der Waals surface area (Å²) in [6.45, 7) is 4.03. The fourth-order valence-corrected chi connectivity index (χ4v) is 2.41. The lowest BCUT2D eigenvalue weighted by molar-refractivity contribution is -0.147. The molecule has 1 amide bonds. The third-order valence-electron chi connectivity index (χ3n) is 3.62. The molecule has 4 atom stereocenters. The topological polar surface area (TPSA) is 87.7 Å². The lowest BCUT2D eigenvalue weighted by atomic mass is 10.1. The number of β-amino-alcohol motifs (C(OH)–C–C–N with tert-alkyl or cyclic N) is 1. The van der Waals surface area contributed by atoms with Gasteiger partial charge in [0.1, 0.15) is 5.54 Å². The first kappa shape index (κ1) is 13.0. The van der Waals surface area contributed by atoms with Gasteiger partial charge in [-0.2, -0.15) is 0 Å². The van der Waals surface area contributed by atoms with E-state index in [1.807, 2.05) is 0 Å². The summed E-state index contributed by atoms with van der Waals surface area (Å²) in [6, 6.07) is -0.451. The van der Waals surface area contributed by atoms with Crippen molar-refractivity contribution in [3.8, 4) is 0 Å². The molecule has 2 aliphatic rings. The summed E-state index contributed by atoms with van der Waals surface area (Å²) < 4.78 is 4.72. The first-order valence-electron chi connectivity index (χ1n) is 5.98. The minimum Gasteiger partial charge on any atom is -0.467 e. The molecule has 0 radical (unpaired) electrons. The highest BCUT2D eigenvalue weighted by Crippen LogP contribution is 2.45. The van der Waals surface area contributed by atoms with E-state index in [9.17, 15) is 14.7 Å². The van der Waals surface area contributed by atoms with Gasteiger partial charge in [0.05, 0.1) is 19.3 Å². The van der Waals surface area contributed by atoms with Crippen LogP contribution in [0.15, 0.2) is 12.7 Å². The molecule has 0 aromatic heterocycles. The molecule has 0 unspecified atom stereocenters. The Balaban J connectivity index is 2.00. The van der Waals surface area contributed by atoms with Gasteiger partial charge in [-0.05, 0) is 12.8 Å². The zero-order chi connectivity index (χ0) is 13.3. The van der Waals surface area contributed by atoms with Crippen LogP contribution in [0.4, 0.5) is 0 Å². The molecule has 100 valence electrons. The number of carbonyl (C=O) groups excluding carboxylic acids is 2. The van der Waals surface area contributed by atoms with Crippen molar-refractivity contribution in [2.24, 2.45) is 5.92 Å². The Kier molecular flexibility index (Phi) is 3.41. The number of ether oxygens (including phenoxy) is 1. The minimum absolute atomic E-state index is 0.0831. The van der Waals surface area contributed by atoms with Gasteiger partial charge in [-0.15, -0.1) is 6.58 Å². The molecule has 2 fully saturated rings. The third kappa shape index (κ3) is 2.13. The summed E-state index contributed by atoms with van der Waals surface area (Å²) >= 11 is 0. The smallest absolute Gasteiger partial charge is 0.332 e. The van der Waals surface area contributed by atoms with Crippen LogP contribution >= 0.6 is 0 Å². The Bertz CT molecular complexity index is 384. The molecule has 6 nitrogen and oxygen atoms in total. The van der Waals surface area contributed by atoms with Crippen molar-refractivity contribution in [2.45, 2.75) is 30.5 Å². The predicted molar refractivity (Wildman–Crippen MR) is 63.6 cm³/mol. The van der Waals surface area contributed by atoms with Gasteiger partial charge in [0.25, 0.3) is 0 Å². The van der Waals surface area contributed by atoms with Crippen molar-refractivity contribution in [2.75, 3.05) is 13.7 Å². The number of esters is 1. The standard InChI is InChI=1S/C12H18N2O4/c1-3-7-5-12(7,11(17)18-2)14-10(16)9-4-8(15)6-13-9/h3,7-9,13,15H,1,4-6H2,2H3,(H,14,16)/t7-,8-,9+,12-/m1/s1. The first-order chi connectivity index (χ1) is 8.53. The van der Waals surface area contributed by atoms with E-state index in [-0.39, 0.29) is 11.8 Å². The molecule has 0 aromatic rings. The van der Waals surface area contributed by atoms with Crippen LogP contribution in [0.2, 0.25) is 0 Å². The van der Waals surface area contributed by atoms with E-state index in [2.05, 4.69) is 17.2 Å². The number of amides is 1. The van der Waals surface area contributed by atoms with Crippen molar-refractivity contribution in [1.29, 1.82) is 0 Å². The molecule has 0 aromatic carbocycles. The largest absolute Gasteiger partial charge is 0.467 e. The van der Waals surface area contributed by atoms with Gasteiger partial charge in [-0.1, -0.05) is 6.08 Å². The van der Waals surface area contributed by atoms with E-state index in [1.165, 1.54) is 7.11 Å². The number of nitrogens with one attached hydrogen (secondary N) is 2. The zero-order valence-electron chi connectivity index (χ0n) is 10.3. The highest BCUT2D eigenvalue weighted by Gasteiger charge is 2.61. The maximum Gasteiger partial charge on any atom is 0.332 e. The van der Waals surface area contributed by atoms with Gasteiger partial charge in [0.15, 0.2) is 0 Å². The number of methoxy groups -OCH3 is 1. The lowest BCUT2D eigenvalue weighted by Crippen LogP contribution is -2.51. The number of rotatable bonds is 4. The van der Waals surface area contributed by atoms with Crippen LogP contribution in [0.5, 0.6) is 0 Å². The summed E-state index contributed by atoms with van der Waals surface area (Å²) in [5.41, 5.74) is -0.956. The molecule has 18 heavy (non-hydrogen) atoms. The first-order valence-corrected chi connectivity index (χ1v) is 5.98. The minimum atomic E-state index is -0.956. The second-order valence-corrected chi connectivity index (χ2v) is 4.85. The van der Waals surface area contributed by atoms with Gasteiger partial charge >= 0.3 is 5.97 Å². The monoisotopic (exact) mass is 254 g/mol. The summed E-state index contributed by atoms with van der Waals surface area (Å²) in [4.78, 5) is 23.7. The molecule has 6 heteroatoms. The van der Waals surface area contributed by atoms with Crippen molar-refractivity contribution < 1.29 is 19.4 Å². The van der Waals surface area contributed by atoms with Gasteiger partial charge < -0.3 is 20.5 Å². The molecule has 1 aliphatic heterocycles. The lowest BCUT2D eigenvalue weighted by Gasteiger charge is -2.19. The molecule has 2 rings (SSSR count). The summed E-state index contributed by atoms with van der Waals surface area (Å²) in [5.74, 6) is -0.805. The molecule has 0 bridgehead atoms. The number of carbonyl (C=O) groups is 2. The second kappa shape index (κ2) is 4.70. The molecule has 0 spiro atoms. The van der Waals surface area contributed by atoms with Gasteiger partial charge in [-0.3, -0.25) is 4.79 Å². The van der Waals surface area contributed by atoms with Crippen molar-refractivity contribution in [3.63, 3.8) is 0 Å². The SMILES string of the molecule is C=C[C@@H]1C[C@]1(NC(=O)[C@@H]1C[C@@H](O)CN1)C(=O)OC. The average Bonchev–Trinajstić information content (AvgIpc) is 2.90. The maximum absolute atomic E-state index is 12.0. The van der Waals surface area contributed by atoms with E-state index in [0.29, 0.717) is 19.4 Å². The van der Waals surface area contributed by atoms with Crippen LogP contribution in [-0.4, -0.2) is 48.3 Å². The Labute approximate surface area is 105 Å². The van der Waals surface area contributed by atoms with Crippen LogP contribution in [0.1, 0.15) is 12.8 Å². The summed E-state index contributed by atoms with van der Waals surface area (Å²) in [6.07, 6.45) is 2.02. The van der Waals surface area contributed by atoms with Gasteiger partial charge in [0, 0.05) is 12.5 Å². The van der Waals surface area contributed by atoms with Gasteiger partial charge in [-0.25, -0.2) is 4.79 Å². The summed E-state index contributed by atoms with van der Waals surface area (Å²) in [7, 11) is 1.30. The average molecular weight is 254 g/mol. The number of hydrogen-bond donors (Lipinski definition) is 3. The fraction of sp³-hybridized carbons (Fsp3) is 0.667. The second-order valence-electron chi connectivity index (χ2n) is 4.85. The van der Waals surface area contributed by atoms with Crippen LogP contribution in [-0.2, 0) is 14.3 Å². The molecule has 1 heterocycles.